The van der Waals surface area contributed by atoms with Crippen molar-refractivity contribution < 1.29 is 14.4 Å². The number of rotatable bonds is 3. The zero-order valence-electron chi connectivity index (χ0n) is 8.43. The van der Waals surface area contributed by atoms with Gasteiger partial charge in [0, 0.05) is 0 Å². The zero-order valence-corrected chi connectivity index (χ0v) is 8.43. The van der Waals surface area contributed by atoms with E-state index in [2.05, 4.69) is 15.4 Å². The maximum Gasteiger partial charge on any atom is 0.342 e. The van der Waals surface area contributed by atoms with Crippen molar-refractivity contribution in [3.05, 3.63) is 35.0 Å². The largest absolute Gasteiger partial charge is 0.696 e. The van der Waals surface area contributed by atoms with E-state index in [0.717, 1.165) is 0 Å². The number of nitrogens with zero attached hydrogens (tertiary/aromatic N) is 2. The van der Waals surface area contributed by atoms with Crippen molar-refractivity contribution >= 4 is 11.7 Å². The lowest BCUT2D eigenvalue weighted by Gasteiger charge is -2.02. The Labute approximate surface area is 86.7 Å². The topological polar surface area (TPSA) is 76.8 Å². The van der Waals surface area contributed by atoms with E-state index < -0.39 is 5.97 Å². The number of hydrogen-bond acceptors (Lipinski definition) is 4. The first kappa shape index (κ1) is 11.0. The molecule has 0 atom stereocenters. The number of ether oxygens (including phenoxy) is 1. The quantitative estimate of drug-likeness (QED) is 0.353. The number of esters is 1. The van der Waals surface area contributed by atoms with Gasteiger partial charge in [-0.15, -0.1) is 5.43 Å². The fourth-order valence-corrected chi connectivity index (χ4v) is 0.993. The van der Waals surface area contributed by atoms with Gasteiger partial charge < -0.3 is 9.94 Å². The molecular weight excluding hydrogens is 198 g/mol. The molecular formula is C9H11N3O3. The van der Waals surface area contributed by atoms with Gasteiger partial charge in [-0.2, -0.15) is 4.86 Å². The first-order valence-corrected chi connectivity index (χ1v) is 4.20. The van der Waals surface area contributed by atoms with Crippen LogP contribution in [0.3, 0.4) is 0 Å². The Morgan fingerprint density at radius 1 is 1.53 bits per heavy atom. The molecule has 0 aliphatic heterocycles. The van der Waals surface area contributed by atoms with Crippen LogP contribution in [0.15, 0.2) is 29.5 Å². The Kier molecular flexibility index (Phi) is 3.61. The second-order valence-electron chi connectivity index (χ2n) is 2.71. The van der Waals surface area contributed by atoms with E-state index in [0.29, 0.717) is 16.1 Å². The summed E-state index contributed by atoms with van der Waals surface area (Å²) in [4.78, 5) is 11.6. The van der Waals surface area contributed by atoms with Crippen LogP contribution in [-0.4, -0.2) is 25.0 Å². The summed E-state index contributed by atoms with van der Waals surface area (Å²) in [5.41, 5.74) is 3.21. The predicted molar refractivity (Wildman–Crippen MR) is 53.4 cm³/mol. The van der Waals surface area contributed by atoms with Crippen LogP contribution in [0.4, 0.5) is 5.69 Å². The average molecular weight is 209 g/mol. The number of hydrogen-bond donors (Lipinski definition) is 1. The molecule has 0 fully saturated rings. The molecule has 0 amide bonds. The van der Waals surface area contributed by atoms with Gasteiger partial charge in [0.25, 0.3) is 0 Å². The Hall–Kier alpha value is -2.11. The van der Waals surface area contributed by atoms with Crippen molar-refractivity contribution in [2.45, 2.75) is 0 Å². The lowest BCUT2D eigenvalue weighted by atomic mass is 10.2. The lowest BCUT2D eigenvalue weighted by molar-refractivity contribution is -0.497. The number of methoxy groups -OCH3 is 1. The summed E-state index contributed by atoms with van der Waals surface area (Å²) in [5.74, 6) is -0.484. The molecule has 0 heterocycles. The van der Waals surface area contributed by atoms with Gasteiger partial charge in [0.1, 0.15) is 12.6 Å². The second kappa shape index (κ2) is 4.94. The van der Waals surface area contributed by atoms with Gasteiger partial charge in [0.15, 0.2) is 5.69 Å². The van der Waals surface area contributed by atoms with Crippen LogP contribution in [0.1, 0.15) is 10.4 Å². The first-order chi connectivity index (χ1) is 7.15. The highest BCUT2D eigenvalue weighted by atomic mass is 16.5. The molecule has 0 aromatic heterocycles. The van der Waals surface area contributed by atoms with E-state index in [1.54, 1.807) is 24.3 Å². The number of nitrogens with one attached hydrogen (secondary N) is 1. The first-order valence-electron chi connectivity index (χ1n) is 4.20. The molecule has 0 unspecified atom stereocenters. The third-order valence-corrected chi connectivity index (χ3v) is 1.64. The monoisotopic (exact) mass is 209 g/mol. The molecule has 80 valence electrons. The molecule has 0 saturated carbocycles. The fraction of sp³-hybridized carbons (Fsp3) is 0.222. The van der Waals surface area contributed by atoms with E-state index >= 15 is 0 Å². The van der Waals surface area contributed by atoms with Gasteiger partial charge in [-0.25, -0.2) is 4.79 Å². The van der Waals surface area contributed by atoms with E-state index in [-0.39, 0.29) is 0 Å². The van der Waals surface area contributed by atoms with Crippen LogP contribution in [0.2, 0.25) is 0 Å². The molecule has 0 spiro atoms. The summed E-state index contributed by atoms with van der Waals surface area (Å²) in [6.45, 7) is 0. The van der Waals surface area contributed by atoms with Crippen molar-refractivity contribution in [1.82, 2.24) is 0 Å². The Morgan fingerprint density at radius 2 is 2.20 bits per heavy atom. The van der Waals surface area contributed by atoms with Gasteiger partial charge >= 0.3 is 5.97 Å². The van der Waals surface area contributed by atoms with E-state index in [1.165, 1.54) is 14.2 Å². The molecule has 0 bridgehead atoms. The average Bonchev–Trinajstić information content (AvgIpc) is 2.25. The third kappa shape index (κ3) is 2.94. The molecule has 0 saturated heterocycles. The highest BCUT2D eigenvalue weighted by Gasteiger charge is 2.13. The van der Waals surface area contributed by atoms with E-state index in [9.17, 15) is 10.0 Å². The summed E-state index contributed by atoms with van der Waals surface area (Å²) >= 11 is 0. The van der Waals surface area contributed by atoms with Crippen LogP contribution < -0.4 is 5.43 Å². The maximum absolute atomic E-state index is 11.3. The molecule has 0 aliphatic carbocycles. The number of para-hydroxylation sites is 1. The van der Waals surface area contributed by atoms with Crippen LogP contribution >= 0.6 is 0 Å². The minimum Gasteiger partial charge on any atom is -0.696 e. The molecule has 1 rings (SSSR count). The molecule has 0 radical (unpaired) electrons. The highest BCUT2D eigenvalue weighted by molar-refractivity contribution is 5.95. The molecule has 1 aromatic carbocycles. The van der Waals surface area contributed by atoms with Crippen LogP contribution in [0.5, 0.6) is 0 Å². The van der Waals surface area contributed by atoms with Crippen molar-refractivity contribution in [3.8, 4) is 0 Å². The summed E-state index contributed by atoms with van der Waals surface area (Å²) < 4.78 is 4.57. The van der Waals surface area contributed by atoms with Crippen molar-refractivity contribution in [1.29, 1.82) is 0 Å². The minimum atomic E-state index is -0.484. The van der Waals surface area contributed by atoms with Crippen molar-refractivity contribution in [2.75, 3.05) is 19.6 Å². The van der Waals surface area contributed by atoms with Crippen LogP contribution in [0, 0.1) is 5.21 Å². The summed E-state index contributed by atoms with van der Waals surface area (Å²) in [6.07, 6.45) is 0. The van der Waals surface area contributed by atoms with Gasteiger partial charge in [-0.3, -0.25) is 0 Å². The van der Waals surface area contributed by atoms with Crippen molar-refractivity contribution in [2.24, 2.45) is 5.22 Å². The second-order valence-corrected chi connectivity index (χ2v) is 2.71. The highest BCUT2D eigenvalue weighted by Crippen LogP contribution is 2.15. The van der Waals surface area contributed by atoms with Crippen molar-refractivity contribution in [3.63, 3.8) is 0 Å². The van der Waals surface area contributed by atoms with Gasteiger partial charge in [0.2, 0.25) is 0 Å². The molecule has 6 heteroatoms. The van der Waals surface area contributed by atoms with Crippen LogP contribution in [0.25, 0.3) is 0 Å². The lowest BCUT2D eigenvalue weighted by Crippen LogP contribution is -2.06. The SMILES string of the molecule is COC(=O)c1ccccc1N/N=[N+](\C)[O-]. The Balaban J connectivity index is 2.96. The number of carbonyl (C=O) groups excluding carboxylic acids is 1. The number of hydroxylamine groups is 1. The Morgan fingerprint density at radius 3 is 2.80 bits per heavy atom. The zero-order chi connectivity index (χ0) is 11.3. The van der Waals surface area contributed by atoms with E-state index in [4.69, 9.17) is 0 Å². The third-order valence-electron chi connectivity index (χ3n) is 1.64. The summed E-state index contributed by atoms with van der Waals surface area (Å²) in [7, 11) is 2.52. The Bertz CT molecular complexity index is 386. The van der Waals surface area contributed by atoms with Crippen LogP contribution in [-0.2, 0) is 4.74 Å². The smallest absolute Gasteiger partial charge is 0.342 e. The number of carbonyl (C=O) groups is 1. The van der Waals surface area contributed by atoms with E-state index in [1.807, 2.05) is 0 Å². The maximum atomic E-state index is 11.3. The van der Waals surface area contributed by atoms with Gasteiger partial charge in [0.05, 0.1) is 12.3 Å². The molecule has 6 nitrogen and oxygen atoms in total. The molecule has 1 N–H and O–H groups in total. The molecule has 0 aliphatic rings. The molecule has 1 aromatic rings. The predicted octanol–water partition coefficient (Wildman–Crippen LogP) is 1.39. The normalized spacial score (nSPS) is 10.9. The number of benzene rings is 1. The minimum absolute atomic E-state index is 0.325. The fourth-order valence-electron chi connectivity index (χ4n) is 0.993. The van der Waals surface area contributed by atoms with Gasteiger partial charge in [-0.05, 0) is 12.1 Å². The number of anilines is 1. The molecule has 15 heavy (non-hydrogen) atoms. The summed E-state index contributed by atoms with van der Waals surface area (Å²) in [6, 6.07) is 6.61. The standard InChI is InChI=1S/C9H11N3O3/c1-12(14)11-10-8-6-4-3-5-7(8)9(13)15-2/h3-6,10H,1-2H3/b12-11+. The summed E-state index contributed by atoms with van der Waals surface area (Å²) in [5, 5.41) is 13.9. The van der Waals surface area contributed by atoms with Gasteiger partial charge in [-0.1, -0.05) is 12.1 Å².